The predicted octanol–water partition coefficient (Wildman–Crippen LogP) is 5.18. The van der Waals surface area contributed by atoms with Crippen molar-refractivity contribution in [2.75, 3.05) is 18.6 Å². The molecular weight excluding hydrogens is 383 g/mol. The summed E-state index contributed by atoms with van der Waals surface area (Å²) in [6, 6.07) is 6.47. The highest BCUT2D eigenvalue weighted by Crippen LogP contribution is 2.34. The summed E-state index contributed by atoms with van der Waals surface area (Å²) in [6.07, 6.45) is 2.83. The number of nitrogens with zero attached hydrogens (tertiary/aromatic N) is 3. The number of aromatic nitrogens is 2. The molecule has 1 heterocycles. The molecule has 158 valence electrons. The Morgan fingerprint density at radius 3 is 2.72 bits per heavy atom. The van der Waals surface area contributed by atoms with Crippen LogP contribution in [0, 0.1) is 5.92 Å². The van der Waals surface area contributed by atoms with Crippen molar-refractivity contribution in [3.05, 3.63) is 42.1 Å². The maximum absolute atomic E-state index is 13.2. The van der Waals surface area contributed by atoms with Gasteiger partial charge in [0.25, 0.3) is 0 Å². The highest BCUT2D eigenvalue weighted by Gasteiger charge is 2.32. The van der Waals surface area contributed by atoms with E-state index in [2.05, 4.69) is 5.10 Å². The molecule has 0 unspecified atom stereocenters. The van der Waals surface area contributed by atoms with E-state index >= 15 is 0 Å². The maximum atomic E-state index is 13.2. The van der Waals surface area contributed by atoms with Crippen LogP contribution in [0.1, 0.15) is 44.1 Å². The third kappa shape index (κ3) is 5.59. The molecule has 0 atom stereocenters. The van der Waals surface area contributed by atoms with Crippen LogP contribution in [-0.4, -0.2) is 29.4 Å². The van der Waals surface area contributed by atoms with E-state index in [0.29, 0.717) is 24.9 Å². The lowest BCUT2D eigenvalue weighted by molar-refractivity contribution is -0.137. The molecule has 2 aromatic rings. The van der Waals surface area contributed by atoms with E-state index in [9.17, 15) is 18.0 Å². The van der Waals surface area contributed by atoms with E-state index < -0.39 is 11.7 Å². The lowest BCUT2D eigenvalue weighted by Gasteiger charge is -2.22. The van der Waals surface area contributed by atoms with Gasteiger partial charge in [-0.25, -0.2) is 0 Å². The van der Waals surface area contributed by atoms with Crippen molar-refractivity contribution in [2.24, 2.45) is 5.92 Å². The summed E-state index contributed by atoms with van der Waals surface area (Å²) >= 11 is 0. The molecule has 1 aliphatic carbocycles. The van der Waals surface area contributed by atoms with Crippen LogP contribution in [0.4, 0.5) is 24.7 Å². The fourth-order valence-electron chi connectivity index (χ4n) is 3.74. The van der Waals surface area contributed by atoms with E-state index in [1.165, 1.54) is 29.9 Å². The molecule has 29 heavy (non-hydrogen) atoms. The molecule has 5 nitrogen and oxygen atoms in total. The summed E-state index contributed by atoms with van der Waals surface area (Å²) in [4.78, 5) is 14.4. The molecule has 1 aliphatic rings. The van der Waals surface area contributed by atoms with Gasteiger partial charge in [-0.3, -0.25) is 14.4 Å². The first-order valence-corrected chi connectivity index (χ1v) is 9.91. The molecule has 0 spiro atoms. The summed E-state index contributed by atoms with van der Waals surface area (Å²) < 4.78 is 46.2. The molecule has 0 aliphatic heterocycles. The van der Waals surface area contributed by atoms with Crippen molar-refractivity contribution in [2.45, 2.75) is 51.2 Å². The van der Waals surface area contributed by atoms with Gasteiger partial charge in [0.05, 0.1) is 24.4 Å². The van der Waals surface area contributed by atoms with Crippen molar-refractivity contribution in [3.8, 4) is 0 Å². The van der Waals surface area contributed by atoms with Crippen LogP contribution in [0.3, 0.4) is 0 Å². The first-order chi connectivity index (χ1) is 13.9. The number of methoxy groups -OCH3 is 1. The van der Waals surface area contributed by atoms with Gasteiger partial charge in [0.2, 0.25) is 5.91 Å². The lowest BCUT2D eigenvalue weighted by Crippen LogP contribution is -2.27. The molecule has 1 fully saturated rings. The summed E-state index contributed by atoms with van der Waals surface area (Å²) in [5.41, 5.74) is -0.615. The quantitative estimate of drug-likeness (QED) is 0.603. The fourth-order valence-corrected chi connectivity index (χ4v) is 3.74. The van der Waals surface area contributed by atoms with Crippen molar-refractivity contribution in [3.63, 3.8) is 0 Å². The standard InChI is InChI=1S/C21H26F3N3O2/c1-29-14-13-26-12-11-19(25-26)27(20(28)10-9-16-5-2-3-6-16)18-8-4-7-17(15-18)21(22,23)24/h4,7-8,11-12,15-16H,2-3,5-6,9-10,13-14H2,1H3. The second-order valence-corrected chi connectivity index (χ2v) is 7.40. The third-order valence-corrected chi connectivity index (χ3v) is 5.30. The van der Waals surface area contributed by atoms with Gasteiger partial charge in [-0.1, -0.05) is 31.7 Å². The topological polar surface area (TPSA) is 47.4 Å². The molecule has 0 radical (unpaired) electrons. The van der Waals surface area contributed by atoms with Crippen molar-refractivity contribution < 1.29 is 22.7 Å². The number of carbonyl (C=O) groups excluding carboxylic acids is 1. The van der Waals surface area contributed by atoms with Crippen LogP contribution in [0.5, 0.6) is 0 Å². The molecule has 0 bridgehead atoms. The van der Waals surface area contributed by atoms with Crippen molar-refractivity contribution in [1.29, 1.82) is 0 Å². The molecule has 3 rings (SSSR count). The zero-order valence-electron chi connectivity index (χ0n) is 16.5. The summed E-state index contributed by atoms with van der Waals surface area (Å²) in [6.45, 7) is 0.934. The molecule has 1 aromatic heterocycles. The normalized spacial score (nSPS) is 15.0. The minimum Gasteiger partial charge on any atom is -0.383 e. The Bertz CT molecular complexity index is 813. The van der Waals surface area contributed by atoms with Crippen molar-refractivity contribution >= 4 is 17.4 Å². The number of hydrogen-bond donors (Lipinski definition) is 0. The smallest absolute Gasteiger partial charge is 0.383 e. The number of alkyl halides is 3. The molecule has 8 heteroatoms. The molecule has 1 amide bonds. The monoisotopic (exact) mass is 409 g/mol. The van der Waals surface area contributed by atoms with Gasteiger partial charge in [0.15, 0.2) is 5.82 Å². The number of benzene rings is 1. The minimum atomic E-state index is -4.48. The van der Waals surface area contributed by atoms with Gasteiger partial charge < -0.3 is 4.74 Å². The Hall–Kier alpha value is -2.35. The number of halogens is 3. The van der Waals surface area contributed by atoms with Crippen LogP contribution in [0.2, 0.25) is 0 Å². The Morgan fingerprint density at radius 2 is 2.03 bits per heavy atom. The van der Waals surface area contributed by atoms with Gasteiger partial charge in [-0.05, 0) is 30.5 Å². The van der Waals surface area contributed by atoms with Gasteiger partial charge in [0.1, 0.15) is 0 Å². The highest BCUT2D eigenvalue weighted by molar-refractivity contribution is 5.99. The largest absolute Gasteiger partial charge is 0.416 e. The van der Waals surface area contributed by atoms with Crippen LogP contribution in [-0.2, 0) is 22.3 Å². The predicted molar refractivity (Wildman–Crippen MR) is 104 cm³/mol. The molecule has 1 saturated carbocycles. The number of rotatable bonds is 8. The van der Waals surface area contributed by atoms with Gasteiger partial charge in [-0.2, -0.15) is 18.3 Å². The third-order valence-electron chi connectivity index (χ3n) is 5.30. The van der Waals surface area contributed by atoms with Crippen molar-refractivity contribution in [1.82, 2.24) is 9.78 Å². The highest BCUT2D eigenvalue weighted by atomic mass is 19.4. The SMILES string of the molecule is COCCn1ccc(N(C(=O)CCC2CCCC2)c2cccc(C(F)(F)F)c2)n1. The second-order valence-electron chi connectivity index (χ2n) is 7.40. The summed E-state index contributed by atoms with van der Waals surface area (Å²) in [5.74, 6) is 0.589. The van der Waals surface area contributed by atoms with Crippen LogP contribution in [0.15, 0.2) is 36.5 Å². The summed E-state index contributed by atoms with van der Waals surface area (Å²) in [5, 5.41) is 4.38. The number of ether oxygens (including phenoxy) is 1. The van der Waals surface area contributed by atoms with E-state index in [0.717, 1.165) is 31.4 Å². The first kappa shape index (κ1) is 21.4. The number of hydrogen-bond acceptors (Lipinski definition) is 3. The fraction of sp³-hybridized carbons (Fsp3) is 0.524. The van der Waals surface area contributed by atoms with E-state index in [1.54, 1.807) is 24.1 Å². The molecule has 0 N–H and O–H groups in total. The van der Waals surface area contributed by atoms with E-state index in [-0.39, 0.29) is 18.0 Å². The average Bonchev–Trinajstić information content (AvgIpc) is 3.37. The Balaban J connectivity index is 1.86. The van der Waals surface area contributed by atoms with E-state index in [1.807, 2.05) is 0 Å². The maximum Gasteiger partial charge on any atom is 0.416 e. The Labute approximate surface area is 168 Å². The van der Waals surface area contributed by atoms with Gasteiger partial charge in [-0.15, -0.1) is 0 Å². The van der Waals surface area contributed by atoms with Crippen LogP contribution in [0.25, 0.3) is 0 Å². The van der Waals surface area contributed by atoms with E-state index in [4.69, 9.17) is 4.74 Å². The Morgan fingerprint density at radius 1 is 1.28 bits per heavy atom. The van der Waals surface area contributed by atoms with Gasteiger partial charge in [0, 0.05) is 25.8 Å². The first-order valence-electron chi connectivity index (χ1n) is 9.91. The van der Waals surface area contributed by atoms with Gasteiger partial charge >= 0.3 is 6.18 Å². The number of carbonyl (C=O) groups is 1. The Kier molecular flexibility index (Phi) is 6.95. The van der Waals surface area contributed by atoms with Crippen LogP contribution >= 0.6 is 0 Å². The minimum absolute atomic E-state index is 0.174. The summed E-state index contributed by atoms with van der Waals surface area (Å²) in [7, 11) is 1.58. The zero-order chi connectivity index (χ0) is 20.9. The molecular formula is C21H26F3N3O2. The average molecular weight is 409 g/mol. The zero-order valence-corrected chi connectivity index (χ0v) is 16.5. The second kappa shape index (κ2) is 9.43. The number of anilines is 2. The van der Waals surface area contributed by atoms with Crippen LogP contribution < -0.4 is 4.90 Å². The lowest BCUT2D eigenvalue weighted by atomic mass is 10.0. The molecule has 0 saturated heterocycles. The number of amides is 1. The molecule has 1 aromatic carbocycles.